The monoisotopic (exact) mass is 274 g/mol. The van der Waals surface area contributed by atoms with Crippen LogP contribution in [0.3, 0.4) is 0 Å². The van der Waals surface area contributed by atoms with E-state index in [4.69, 9.17) is 4.74 Å². The summed E-state index contributed by atoms with van der Waals surface area (Å²) in [6.45, 7) is 4.09. The Kier molecular flexibility index (Phi) is 4.11. The number of hydrogen-bond donors (Lipinski definition) is 0. The number of hydrogen-bond acceptors (Lipinski definition) is 1. The molecule has 2 aliphatic rings. The molecule has 0 aliphatic heterocycles. The number of ether oxygens (including phenoxy) is 1. The Hall–Kier alpha value is 0.440. The highest BCUT2D eigenvalue weighted by Gasteiger charge is 2.49. The van der Waals surface area contributed by atoms with Gasteiger partial charge < -0.3 is 4.74 Å². The van der Waals surface area contributed by atoms with Gasteiger partial charge in [0.25, 0.3) is 0 Å². The first-order valence-electron chi connectivity index (χ1n) is 6.44. The Morgan fingerprint density at radius 1 is 1.33 bits per heavy atom. The minimum Gasteiger partial charge on any atom is -0.381 e. The van der Waals surface area contributed by atoms with Crippen LogP contribution in [0.4, 0.5) is 0 Å². The van der Waals surface area contributed by atoms with Crippen molar-refractivity contribution in [1.29, 1.82) is 0 Å². The van der Waals surface area contributed by atoms with Crippen molar-refractivity contribution < 1.29 is 4.74 Å². The lowest BCUT2D eigenvalue weighted by Crippen LogP contribution is -2.31. The Labute approximate surface area is 102 Å². The fraction of sp³-hybridized carbons (Fsp3) is 1.00. The van der Waals surface area contributed by atoms with E-state index in [1.165, 1.54) is 37.4 Å². The molecule has 1 nitrogen and oxygen atoms in total. The third kappa shape index (κ3) is 2.41. The zero-order chi connectivity index (χ0) is 10.7. The third-order valence-electron chi connectivity index (χ3n) is 4.46. The summed E-state index contributed by atoms with van der Waals surface area (Å²) in [5, 5.41) is 1.19. The van der Waals surface area contributed by atoms with Crippen molar-refractivity contribution in [1.82, 2.24) is 0 Å². The zero-order valence-corrected chi connectivity index (χ0v) is 11.4. The molecule has 2 saturated carbocycles. The summed E-state index contributed by atoms with van der Waals surface area (Å²) in [6.07, 6.45) is 8.35. The molecule has 0 amide bonds. The molecule has 2 aliphatic carbocycles. The minimum atomic E-state index is 0.594. The molecular formula is C13H23BrO. The molecule has 0 spiro atoms. The lowest BCUT2D eigenvalue weighted by atomic mass is 9.72. The third-order valence-corrected chi connectivity index (χ3v) is 5.58. The summed E-state index contributed by atoms with van der Waals surface area (Å²) < 4.78 is 5.66. The molecule has 0 aromatic rings. The van der Waals surface area contributed by atoms with Crippen LogP contribution in [-0.4, -0.2) is 18.5 Å². The summed E-state index contributed by atoms with van der Waals surface area (Å²) in [4.78, 5) is 0. The smallest absolute Gasteiger partial charge is 0.0471 e. The molecule has 0 heterocycles. The first kappa shape index (κ1) is 11.9. The van der Waals surface area contributed by atoms with E-state index in [2.05, 4.69) is 22.9 Å². The van der Waals surface area contributed by atoms with Gasteiger partial charge in [0.15, 0.2) is 0 Å². The highest BCUT2D eigenvalue weighted by Crippen LogP contribution is 2.58. The number of rotatable bonds is 6. The van der Waals surface area contributed by atoms with E-state index in [0.29, 0.717) is 5.41 Å². The first-order chi connectivity index (χ1) is 7.30. The highest BCUT2D eigenvalue weighted by atomic mass is 79.9. The zero-order valence-electron chi connectivity index (χ0n) is 9.80. The molecule has 0 aromatic heterocycles. The second-order valence-electron chi connectivity index (χ2n) is 5.44. The van der Waals surface area contributed by atoms with Gasteiger partial charge in [-0.15, -0.1) is 0 Å². The van der Waals surface area contributed by atoms with Crippen molar-refractivity contribution in [3.05, 3.63) is 0 Å². The van der Waals surface area contributed by atoms with E-state index >= 15 is 0 Å². The normalized spacial score (nSPS) is 38.8. The fourth-order valence-corrected chi connectivity index (χ4v) is 4.58. The van der Waals surface area contributed by atoms with Gasteiger partial charge in [0.1, 0.15) is 0 Å². The van der Waals surface area contributed by atoms with E-state index in [1.807, 2.05) is 0 Å². The molecule has 2 rings (SSSR count). The maximum absolute atomic E-state index is 5.66. The van der Waals surface area contributed by atoms with E-state index in [0.717, 1.165) is 31.5 Å². The Morgan fingerprint density at radius 3 is 2.73 bits per heavy atom. The van der Waals surface area contributed by atoms with Crippen molar-refractivity contribution in [3.8, 4) is 0 Å². The maximum atomic E-state index is 5.66. The van der Waals surface area contributed by atoms with Crippen LogP contribution < -0.4 is 0 Å². The summed E-state index contributed by atoms with van der Waals surface area (Å²) in [5.74, 6) is 2.03. The van der Waals surface area contributed by atoms with Crippen LogP contribution >= 0.6 is 15.9 Å². The summed E-state index contributed by atoms with van der Waals surface area (Å²) in [6, 6.07) is 0. The average molecular weight is 275 g/mol. The second-order valence-corrected chi connectivity index (χ2v) is 6.00. The molecule has 0 N–H and O–H groups in total. The standard InChI is InChI=1S/C13H23BrO/c1-2-6-15-7-5-13(10-14)9-11-3-4-12(13)8-11/h11-12H,2-10H2,1H3. The van der Waals surface area contributed by atoms with Crippen molar-refractivity contribution in [2.45, 2.75) is 45.4 Å². The van der Waals surface area contributed by atoms with E-state index in [-0.39, 0.29) is 0 Å². The van der Waals surface area contributed by atoms with E-state index in [1.54, 1.807) is 0 Å². The van der Waals surface area contributed by atoms with Crippen LogP contribution in [-0.2, 0) is 4.74 Å². The summed E-state index contributed by atoms with van der Waals surface area (Å²) in [7, 11) is 0. The fourth-order valence-electron chi connectivity index (χ4n) is 3.62. The van der Waals surface area contributed by atoms with Gasteiger partial charge in [0.05, 0.1) is 0 Å². The molecule has 88 valence electrons. The SMILES string of the molecule is CCCOCCC1(CBr)CC2CCC1C2. The Balaban J connectivity index is 1.81. The molecule has 2 fully saturated rings. The number of alkyl halides is 1. The summed E-state index contributed by atoms with van der Waals surface area (Å²) >= 11 is 3.75. The molecule has 3 unspecified atom stereocenters. The van der Waals surface area contributed by atoms with Gasteiger partial charge in [-0.25, -0.2) is 0 Å². The van der Waals surface area contributed by atoms with Crippen molar-refractivity contribution in [2.75, 3.05) is 18.5 Å². The quantitative estimate of drug-likeness (QED) is 0.526. The maximum Gasteiger partial charge on any atom is 0.0471 e. The molecule has 0 aromatic carbocycles. The predicted molar refractivity (Wildman–Crippen MR) is 67.4 cm³/mol. The predicted octanol–water partition coefficient (Wildman–Crippen LogP) is 4.00. The molecule has 2 bridgehead atoms. The average Bonchev–Trinajstić information content (AvgIpc) is 2.85. The molecule has 0 radical (unpaired) electrons. The second kappa shape index (κ2) is 5.18. The van der Waals surface area contributed by atoms with Gasteiger partial charge in [0.2, 0.25) is 0 Å². The van der Waals surface area contributed by atoms with Crippen LogP contribution in [0.25, 0.3) is 0 Å². The van der Waals surface area contributed by atoms with Gasteiger partial charge >= 0.3 is 0 Å². The number of fused-ring (bicyclic) bond motifs is 2. The van der Waals surface area contributed by atoms with Gasteiger partial charge in [-0.1, -0.05) is 29.3 Å². The molecular weight excluding hydrogens is 252 g/mol. The Bertz CT molecular complexity index is 207. The van der Waals surface area contributed by atoms with Crippen LogP contribution in [0.2, 0.25) is 0 Å². The topological polar surface area (TPSA) is 9.23 Å². The number of halogens is 1. The van der Waals surface area contributed by atoms with Crippen molar-refractivity contribution >= 4 is 15.9 Å². The molecule has 2 heteroatoms. The lowest BCUT2D eigenvalue weighted by Gasteiger charge is -2.36. The van der Waals surface area contributed by atoms with Gasteiger partial charge in [-0.2, -0.15) is 0 Å². The van der Waals surface area contributed by atoms with Crippen molar-refractivity contribution in [3.63, 3.8) is 0 Å². The van der Waals surface area contributed by atoms with Crippen LogP contribution in [0, 0.1) is 17.3 Å². The lowest BCUT2D eigenvalue weighted by molar-refractivity contribution is 0.0773. The largest absolute Gasteiger partial charge is 0.381 e. The van der Waals surface area contributed by atoms with Gasteiger partial charge in [-0.3, -0.25) is 0 Å². The minimum absolute atomic E-state index is 0.594. The molecule has 0 saturated heterocycles. The summed E-state index contributed by atoms with van der Waals surface area (Å²) in [5.41, 5.74) is 0.594. The van der Waals surface area contributed by atoms with Crippen LogP contribution in [0.1, 0.15) is 45.4 Å². The Morgan fingerprint density at radius 2 is 2.20 bits per heavy atom. The molecule has 3 atom stereocenters. The highest BCUT2D eigenvalue weighted by molar-refractivity contribution is 9.09. The first-order valence-corrected chi connectivity index (χ1v) is 7.56. The molecule has 15 heavy (non-hydrogen) atoms. The van der Waals surface area contributed by atoms with Gasteiger partial charge in [-0.05, 0) is 49.4 Å². The van der Waals surface area contributed by atoms with Crippen LogP contribution in [0.15, 0.2) is 0 Å². The van der Waals surface area contributed by atoms with E-state index < -0.39 is 0 Å². The van der Waals surface area contributed by atoms with Crippen molar-refractivity contribution in [2.24, 2.45) is 17.3 Å². The van der Waals surface area contributed by atoms with E-state index in [9.17, 15) is 0 Å². The van der Waals surface area contributed by atoms with Crippen LogP contribution in [0.5, 0.6) is 0 Å². The van der Waals surface area contributed by atoms with Gasteiger partial charge in [0, 0.05) is 18.5 Å².